The third kappa shape index (κ3) is 5.61. The third-order valence-corrected chi connectivity index (χ3v) is 1.08. The summed E-state index contributed by atoms with van der Waals surface area (Å²) in [7, 11) is 1.81. The van der Waals surface area contributed by atoms with Crippen molar-refractivity contribution < 1.29 is 0 Å². The van der Waals surface area contributed by atoms with E-state index in [9.17, 15) is 0 Å². The van der Waals surface area contributed by atoms with Gasteiger partial charge < -0.3 is 5.32 Å². The average molecular weight is 149 g/mol. The van der Waals surface area contributed by atoms with E-state index in [1.54, 1.807) is 0 Å². The average Bonchev–Trinajstić information content (AvgIpc) is 1.83. The predicted octanol–water partition coefficient (Wildman–Crippen LogP) is 1.32. The van der Waals surface area contributed by atoms with Gasteiger partial charge in [0.1, 0.15) is 0 Å². The van der Waals surface area contributed by atoms with Crippen LogP contribution in [0.2, 0.25) is 0 Å². The topological polar surface area (TPSA) is 35.8 Å². The van der Waals surface area contributed by atoms with E-state index < -0.39 is 0 Å². The maximum atomic E-state index is 8.34. The van der Waals surface area contributed by atoms with Crippen LogP contribution in [0.4, 0.5) is 0 Å². The second-order valence-corrected chi connectivity index (χ2v) is 1.76. The Labute approximate surface area is 62.7 Å². The third-order valence-electron chi connectivity index (χ3n) is 1.08. The smallest absolute Gasteiger partial charge is 0.0950 e. The summed E-state index contributed by atoms with van der Waals surface area (Å²) in [6.45, 7) is 2.07. The summed E-state index contributed by atoms with van der Waals surface area (Å²) in [5, 5.41) is 11.2. The molecule has 0 aliphatic heterocycles. The van der Waals surface area contributed by atoms with Gasteiger partial charge in [-0.05, 0) is 13.5 Å². The molecule has 0 amide bonds. The Morgan fingerprint density at radius 3 is 2.33 bits per heavy atom. The number of nitrogens with zero attached hydrogens (tertiary/aromatic N) is 1. The van der Waals surface area contributed by atoms with Gasteiger partial charge >= 0.3 is 0 Å². The highest BCUT2D eigenvalue weighted by atomic mass is 35.5. The van der Waals surface area contributed by atoms with Crippen LogP contribution in [0.15, 0.2) is 0 Å². The van der Waals surface area contributed by atoms with Crippen molar-refractivity contribution in [2.75, 3.05) is 7.05 Å². The molecule has 0 saturated carbocycles. The first-order chi connectivity index (χ1) is 3.85. The van der Waals surface area contributed by atoms with Gasteiger partial charge in [-0.3, -0.25) is 0 Å². The van der Waals surface area contributed by atoms with Crippen molar-refractivity contribution in [2.24, 2.45) is 0 Å². The van der Waals surface area contributed by atoms with Crippen molar-refractivity contribution >= 4 is 12.4 Å². The van der Waals surface area contributed by atoms with Gasteiger partial charge in [0.05, 0.1) is 12.1 Å². The Morgan fingerprint density at radius 2 is 2.22 bits per heavy atom. The fraction of sp³-hybridized carbons (Fsp3) is 0.833. The number of hydrogen-bond acceptors (Lipinski definition) is 2. The fourth-order valence-electron chi connectivity index (χ4n) is 0.562. The van der Waals surface area contributed by atoms with Gasteiger partial charge in [0.2, 0.25) is 0 Å². The molecule has 1 atom stereocenters. The van der Waals surface area contributed by atoms with Gasteiger partial charge in [0.15, 0.2) is 0 Å². The normalized spacial score (nSPS) is 11.2. The summed E-state index contributed by atoms with van der Waals surface area (Å²) >= 11 is 0. The first-order valence-electron chi connectivity index (χ1n) is 2.92. The van der Waals surface area contributed by atoms with Gasteiger partial charge in [-0.1, -0.05) is 13.3 Å². The van der Waals surface area contributed by atoms with Gasteiger partial charge in [-0.25, -0.2) is 0 Å². The van der Waals surface area contributed by atoms with Crippen molar-refractivity contribution in [1.82, 2.24) is 5.32 Å². The van der Waals surface area contributed by atoms with Crippen molar-refractivity contribution in [2.45, 2.75) is 25.8 Å². The maximum Gasteiger partial charge on any atom is 0.0950 e. The Hall–Kier alpha value is -0.260. The zero-order valence-electron chi connectivity index (χ0n) is 5.85. The number of hydrogen-bond donors (Lipinski definition) is 1. The van der Waals surface area contributed by atoms with E-state index >= 15 is 0 Å². The van der Waals surface area contributed by atoms with Crippen LogP contribution in [-0.2, 0) is 0 Å². The van der Waals surface area contributed by atoms with Crippen LogP contribution in [0.1, 0.15) is 19.8 Å². The summed E-state index contributed by atoms with van der Waals surface area (Å²) in [5.74, 6) is 0. The summed E-state index contributed by atoms with van der Waals surface area (Å²) in [4.78, 5) is 0. The molecule has 2 nitrogen and oxygen atoms in total. The quantitative estimate of drug-likeness (QED) is 0.656. The molecule has 0 spiro atoms. The highest BCUT2D eigenvalue weighted by Gasteiger charge is 1.98. The number of halogens is 1. The van der Waals surface area contributed by atoms with Crippen LogP contribution in [0, 0.1) is 11.3 Å². The molecule has 0 saturated heterocycles. The first-order valence-corrected chi connectivity index (χ1v) is 2.92. The fourth-order valence-corrected chi connectivity index (χ4v) is 0.562. The van der Waals surface area contributed by atoms with E-state index in [0.29, 0.717) is 0 Å². The number of nitriles is 1. The van der Waals surface area contributed by atoms with Gasteiger partial charge in [0.25, 0.3) is 0 Å². The van der Waals surface area contributed by atoms with Gasteiger partial charge in [-0.2, -0.15) is 5.26 Å². The molecule has 0 aromatic heterocycles. The lowest BCUT2D eigenvalue weighted by Crippen LogP contribution is -2.22. The molecule has 0 aromatic rings. The van der Waals surface area contributed by atoms with Crippen LogP contribution in [0.3, 0.4) is 0 Å². The highest BCUT2D eigenvalue weighted by Crippen LogP contribution is 1.91. The predicted molar refractivity (Wildman–Crippen MR) is 40.6 cm³/mol. The van der Waals surface area contributed by atoms with Crippen molar-refractivity contribution in [3.05, 3.63) is 0 Å². The summed E-state index contributed by atoms with van der Waals surface area (Å²) in [6, 6.07) is 2.20. The lowest BCUT2D eigenvalue weighted by molar-refractivity contribution is 0.614. The molecule has 3 heteroatoms. The molecule has 0 aliphatic rings. The second-order valence-electron chi connectivity index (χ2n) is 1.76. The van der Waals surface area contributed by atoms with E-state index in [4.69, 9.17) is 5.26 Å². The molecule has 0 aromatic carbocycles. The molecule has 54 valence electrons. The molecule has 0 bridgehead atoms. The molecule has 0 radical (unpaired) electrons. The Bertz CT molecular complexity index is 87.5. The van der Waals surface area contributed by atoms with Gasteiger partial charge in [0, 0.05) is 0 Å². The molecule has 1 N–H and O–H groups in total. The van der Waals surface area contributed by atoms with Crippen LogP contribution in [0.5, 0.6) is 0 Å². The largest absolute Gasteiger partial charge is 0.305 e. The Kier molecular flexibility index (Phi) is 9.91. The Balaban J connectivity index is 0. The van der Waals surface area contributed by atoms with Crippen LogP contribution in [0.25, 0.3) is 0 Å². The zero-order valence-corrected chi connectivity index (χ0v) is 6.66. The number of nitrogens with one attached hydrogen (secondary N) is 1. The minimum absolute atomic E-state index is 0. The van der Waals surface area contributed by atoms with E-state index in [0.717, 1.165) is 12.8 Å². The SMILES string of the molecule is CCCC(C#N)NC.Cl. The van der Waals surface area contributed by atoms with E-state index in [-0.39, 0.29) is 18.4 Å². The molecule has 0 fully saturated rings. The van der Waals surface area contributed by atoms with Crippen LogP contribution < -0.4 is 5.32 Å². The minimum Gasteiger partial charge on any atom is -0.305 e. The van der Waals surface area contributed by atoms with Crippen LogP contribution in [-0.4, -0.2) is 13.1 Å². The van der Waals surface area contributed by atoms with Crippen molar-refractivity contribution in [3.63, 3.8) is 0 Å². The maximum absolute atomic E-state index is 8.34. The van der Waals surface area contributed by atoms with Crippen LogP contribution >= 0.6 is 12.4 Å². The second kappa shape index (κ2) is 7.74. The minimum atomic E-state index is 0. The zero-order chi connectivity index (χ0) is 6.41. The summed E-state index contributed by atoms with van der Waals surface area (Å²) < 4.78 is 0. The molecule has 0 heterocycles. The Morgan fingerprint density at radius 1 is 1.67 bits per heavy atom. The molecule has 9 heavy (non-hydrogen) atoms. The van der Waals surface area contributed by atoms with E-state index in [2.05, 4.69) is 18.3 Å². The monoisotopic (exact) mass is 148 g/mol. The van der Waals surface area contributed by atoms with E-state index in [1.807, 2.05) is 7.05 Å². The molecular weight excluding hydrogens is 136 g/mol. The van der Waals surface area contributed by atoms with Crippen molar-refractivity contribution in [1.29, 1.82) is 5.26 Å². The molecule has 1 unspecified atom stereocenters. The summed E-state index contributed by atoms with van der Waals surface area (Å²) in [5.41, 5.74) is 0. The standard InChI is InChI=1S/C6H12N2.ClH/c1-3-4-6(5-7)8-2;/h6,8H,3-4H2,1-2H3;1H. The highest BCUT2D eigenvalue weighted by molar-refractivity contribution is 5.85. The molecule has 0 aliphatic carbocycles. The molecule has 0 rings (SSSR count). The van der Waals surface area contributed by atoms with E-state index in [1.165, 1.54) is 0 Å². The summed E-state index contributed by atoms with van der Waals surface area (Å²) in [6.07, 6.45) is 2.02. The lowest BCUT2D eigenvalue weighted by Gasteiger charge is -2.02. The number of rotatable bonds is 3. The molecular formula is C6H13ClN2. The lowest BCUT2D eigenvalue weighted by atomic mass is 10.2. The first kappa shape index (κ1) is 11.5. The van der Waals surface area contributed by atoms with Crippen molar-refractivity contribution in [3.8, 4) is 6.07 Å². The van der Waals surface area contributed by atoms with Gasteiger partial charge in [-0.15, -0.1) is 12.4 Å².